The third-order valence-corrected chi connectivity index (χ3v) is 4.74. The number of pyridine rings is 1. The van der Waals surface area contributed by atoms with Crippen molar-refractivity contribution in [3.63, 3.8) is 0 Å². The highest BCUT2D eigenvalue weighted by Gasteiger charge is 2.26. The normalized spacial score (nSPS) is 20.1. The van der Waals surface area contributed by atoms with Crippen molar-refractivity contribution >= 4 is 5.82 Å². The quantitative estimate of drug-likeness (QED) is 0.790. The van der Waals surface area contributed by atoms with Crippen LogP contribution in [0.1, 0.15) is 72.4 Å². The van der Waals surface area contributed by atoms with E-state index < -0.39 is 0 Å². The molecule has 0 unspecified atom stereocenters. The number of anilines is 1. The van der Waals surface area contributed by atoms with Crippen molar-refractivity contribution < 1.29 is 0 Å². The summed E-state index contributed by atoms with van der Waals surface area (Å²) in [6, 6.07) is 6.60. The largest absolute Gasteiger partial charge is 0.352 e. The number of hydrogen-bond donors (Lipinski definition) is 0. The van der Waals surface area contributed by atoms with Gasteiger partial charge < -0.3 is 4.90 Å². The molecule has 0 bridgehead atoms. The third kappa shape index (κ3) is 3.81. The van der Waals surface area contributed by atoms with Gasteiger partial charge in [-0.15, -0.1) is 0 Å². The van der Waals surface area contributed by atoms with Crippen molar-refractivity contribution in [2.24, 2.45) is 0 Å². The first-order chi connectivity index (χ1) is 10.4. The van der Waals surface area contributed by atoms with E-state index in [1.165, 1.54) is 31.4 Å². The van der Waals surface area contributed by atoms with Crippen LogP contribution < -0.4 is 4.90 Å². The van der Waals surface area contributed by atoms with Gasteiger partial charge in [0.1, 0.15) is 5.82 Å². The molecule has 2 rings (SSSR count). The van der Waals surface area contributed by atoms with Gasteiger partial charge in [0, 0.05) is 30.4 Å². The molecule has 124 valence electrons. The Bertz CT molecular complexity index is 442. The van der Waals surface area contributed by atoms with Crippen molar-refractivity contribution in [2.75, 3.05) is 11.4 Å². The smallest absolute Gasteiger partial charge is 0.128 e. The molecule has 1 aromatic rings. The summed E-state index contributed by atoms with van der Waals surface area (Å²) in [6.45, 7) is 14.8. The molecule has 1 aliphatic heterocycles. The highest BCUT2D eigenvalue weighted by atomic mass is 15.2. The zero-order chi connectivity index (χ0) is 16.3. The maximum atomic E-state index is 4.79. The second-order valence-corrected chi connectivity index (χ2v) is 7.39. The molecule has 3 nitrogen and oxygen atoms in total. The molecule has 22 heavy (non-hydrogen) atoms. The maximum absolute atomic E-state index is 4.79. The van der Waals surface area contributed by atoms with Crippen LogP contribution in [0.15, 0.2) is 18.3 Å². The van der Waals surface area contributed by atoms with Crippen LogP contribution in [0.3, 0.4) is 0 Å². The number of aromatic nitrogens is 1. The second-order valence-electron chi connectivity index (χ2n) is 7.39. The fraction of sp³-hybridized carbons (Fsp3) is 0.737. The molecular weight excluding hydrogens is 270 g/mol. The molecule has 1 aromatic heterocycles. The van der Waals surface area contributed by atoms with Crippen LogP contribution >= 0.6 is 0 Å². The van der Waals surface area contributed by atoms with E-state index in [9.17, 15) is 0 Å². The van der Waals surface area contributed by atoms with Crippen LogP contribution in [-0.4, -0.2) is 34.6 Å². The molecule has 0 N–H and O–H groups in total. The first-order valence-electron chi connectivity index (χ1n) is 8.91. The third-order valence-electron chi connectivity index (χ3n) is 4.74. The fourth-order valence-corrected chi connectivity index (χ4v) is 3.80. The van der Waals surface area contributed by atoms with Gasteiger partial charge in [-0.25, -0.2) is 4.98 Å². The van der Waals surface area contributed by atoms with Crippen molar-refractivity contribution in [1.82, 2.24) is 9.88 Å². The average molecular weight is 303 g/mol. The Hall–Kier alpha value is -1.09. The predicted molar refractivity (Wildman–Crippen MR) is 95.4 cm³/mol. The lowest BCUT2D eigenvalue weighted by Crippen LogP contribution is -2.39. The van der Waals surface area contributed by atoms with Crippen LogP contribution in [-0.2, 0) is 0 Å². The summed E-state index contributed by atoms with van der Waals surface area (Å²) in [7, 11) is 0. The van der Waals surface area contributed by atoms with E-state index in [2.05, 4.69) is 69.7 Å². The Kier molecular flexibility index (Phi) is 5.85. The summed E-state index contributed by atoms with van der Waals surface area (Å²) in [5.41, 5.74) is 1.38. The highest BCUT2D eigenvalue weighted by Crippen LogP contribution is 2.32. The van der Waals surface area contributed by atoms with Gasteiger partial charge in [0.05, 0.1) is 0 Å². The zero-order valence-electron chi connectivity index (χ0n) is 15.2. The zero-order valence-corrected chi connectivity index (χ0v) is 15.2. The summed E-state index contributed by atoms with van der Waals surface area (Å²) in [4.78, 5) is 9.80. The Morgan fingerprint density at radius 3 is 2.23 bits per heavy atom. The number of hydrogen-bond acceptors (Lipinski definition) is 3. The molecule has 0 aliphatic carbocycles. The lowest BCUT2D eigenvalue weighted by Gasteiger charge is -2.39. The Balaban J connectivity index is 2.20. The predicted octanol–water partition coefficient (Wildman–Crippen LogP) is 4.64. The molecule has 1 fully saturated rings. The van der Waals surface area contributed by atoms with Gasteiger partial charge in [0.2, 0.25) is 0 Å². The van der Waals surface area contributed by atoms with Gasteiger partial charge in [-0.1, -0.05) is 12.5 Å². The number of rotatable bonds is 5. The minimum Gasteiger partial charge on any atom is -0.352 e. The van der Waals surface area contributed by atoms with Gasteiger partial charge in [-0.2, -0.15) is 0 Å². The highest BCUT2D eigenvalue weighted by molar-refractivity contribution is 5.41. The van der Waals surface area contributed by atoms with Gasteiger partial charge in [-0.3, -0.25) is 4.90 Å². The minimum absolute atomic E-state index is 0.472. The molecular formula is C19H33N3. The summed E-state index contributed by atoms with van der Waals surface area (Å²) < 4.78 is 0. The molecule has 1 saturated heterocycles. The van der Waals surface area contributed by atoms with E-state index in [1.54, 1.807) is 0 Å². The van der Waals surface area contributed by atoms with Gasteiger partial charge in [-0.05, 0) is 72.6 Å². The molecule has 0 aromatic carbocycles. The van der Waals surface area contributed by atoms with Crippen molar-refractivity contribution in [3.05, 3.63) is 23.9 Å². The van der Waals surface area contributed by atoms with E-state index >= 15 is 0 Å². The van der Waals surface area contributed by atoms with Crippen molar-refractivity contribution in [3.8, 4) is 0 Å². The lowest BCUT2D eigenvalue weighted by molar-refractivity contribution is 0.112. The summed E-state index contributed by atoms with van der Waals surface area (Å²) in [5.74, 6) is 1.10. The summed E-state index contributed by atoms with van der Waals surface area (Å²) in [5, 5.41) is 0. The fourth-order valence-electron chi connectivity index (χ4n) is 3.80. The number of nitrogens with zero attached hydrogens (tertiary/aromatic N) is 3. The first kappa shape index (κ1) is 17.3. The van der Waals surface area contributed by atoms with Crippen LogP contribution in [0.25, 0.3) is 0 Å². The van der Waals surface area contributed by atoms with Gasteiger partial charge in [0.25, 0.3) is 0 Å². The minimum atomic E-state index is 0.472. The molecule has 0 saturated carbocycles. The average Bonchev–Trinajstić information content (AvgIpc) is 2.47. The second kappa shape index (κ2) is 7.45. The molecule has 1 atom stereocenters. The summed E-state index contributed by atoms with van der Waals surface area (Å²) in [6.07, 6.45) is 6.03. The molecule has 0 radical (unpaired) electrons. The van der Waals surface area contributed by atoms with Crippen LogP contribution in [0.2, 0.25) is 0 Å². The van der Waals surface area contributed by atoms with Crippen LogP contribution in [0, 0.1) is 0 Å². The first-order valence-corrected chi connectivity index (χ1v) is 8.91. The number of piperidine rings is 1. The summed E-state index contributed by atoms with van der Waals surface area (Å²) >= 11 is 0. The SMILES string of the molecule is CC(C)N(c1ccc([C@@H]2CCCCN2C(C)C)cn1)C(C)C. The Morgan fingerprint density at radius 1 is 1.05 bits per heavy atom. The molecule has 3 heteroatoms. The van der Waals surface area contributed by atoms with E-state index in [-0.39, 0.29) is 0 Å². The Labute approximate surface area is 136 Å². The molecule has 0 spiro atoms. The molecule has 1 aliphatic rings. The van der Waals surface area contributed by atoms with E-state index in [4.69, 9.17) is 4.98 Å². The van der Waals surface area contributed by atoms with Crippen LogP contribution in [0.4, 0.5) is 5.82 Å². The lowest BCUT2D eigenvalue weighted by atomic mass is 9.95. The van der Waals surface area contributed by atoms with Crippen molar-refractivity contribution in [1.29, 1.82) is 0 Å². The standard InChI is InChI=1S/C19H33N3/c1-14(2)21-12-8-7-9-18(21)17-10-11-19(20-13-17)22(15(3)4)16(5)6/h10-11,13-16,18H,7-9,12H2,1-6H3/t18-/m0/s1. The topological polar surface area (TPSA) is 19.4 Å². The number of likely N-dealkylation sites (tertiary alicyclic amines) is 1. The molecule has 2 heterocycles. The van der Waals surface area contributed by atoms with Gasteiger partial charge in [0.15, 0.2) is 0 Å². The van der Waals surface area contributed by atoms with Crippen molar-refractivity contribution in [2.45, 2.75) is 85.0 Å². The van der Waals surface area contributed by atoms with E-state index in [1.807, 2.05) is 0 Å². The van der Waals surface area contributed by atoms with E-state index in [0.717, 1.165) is 5.82 Å². The monoisotopic (exact) mass is 303 g/mol. The maximum Gasteiger partial charge on any atom is 0.128 e. The molecule has 0 amide bonds. The van der Waals surface area contributed by atoms with Gasteiger partial charge >= 0.3 is 0 Å². The van der Waals surface area contributed by atoms with E-state index in [0.29, 0.717) is 24.2 Å². The Morgan fingerprint density at radius 2 is 1.73 bits per heavy atom. The van der Waals surface area contributed by atoms with Crippen LogP contribution in [0.5, 0.6) is 0 Å².